The first kappa shape index (κ1) is 26.2. The van der Waals surface area contributed by atoms with Gasteiger partial charge in [-0.3, -0.25) is 19.3 Å². The van der Waals surface area contributed by atoms with Crippen molar-refractivity contribution in [2.45, 2.75) is 39.5 Å². The number of hydrogen-bond acceptors (Lipinski definition) is 5. The molecule has 0 bridgehead atoms. The average Bonchev–Trinajstić information content (AvgIpc) is 3.37. The van der Waals surface area contributed by atoms with E-state index in [-0.39, 0.29) is 0 Å². The van der Waals surface area contributed by atoms with Gasteiger partial charge in [0, 0.05) is 69.9 Å². The SMILES string of the molecule is CCn1ncc(C(O)c2cnccc2Br)c1Br.CCn1ncc(Cc2cnccc2Br)c1Br. The van der Waals surface area contributed by atoms with Gasteiger partial charge in [-0.25, -0.2) is 0 Å². The van der Waals surface area contributed by atoms with Crippen LogP contribution in [-0.2, 0) is 19.5 Å². The monoisotopic (exact) mass is 702 g/mol. The minimum atomic E-state index is -0.743. The Labute approximate surface area is 226 Å². The number of rotatable bonds is 6. The van der Waals surface area contributed by atoms with Crippen molar-refractivity contribution in [1.29, 1.82) is 0 Å². The molecule has 0 spiro atoms. The van der Waals surface area contributed by atoms with E-state index < -0.39 is 6.10 Å². The molecule has 4 aromatic heterocycles. The third kappa shape index (κ3) is 6.39. The molecule has 4 rings (SSSR count). The van der Waals surface area contributed by atoms with Crippen LogP contribution >= 0.6 is 63.7 Å². The highest BCUT2D eigenvalue weighted by Crippen LogP contribution is 2.31. The van der Waals surface area contributed by atoms with E-state index in [1.807, 2.05) is 30.1 Å². The Morgan fingerprint density at radius 3 is 1.94 bits per heavy atom. The van der Waals surface area contributed by atoms with E-state index in [1.165, 1.54) is 11.1 Å². The Kier molecular flexibility index (Phi) is 9.81. The Balaban J connectivity index is 0.000000186. The van der Waals surface area contributed by atoms with Gasteiger partial charge in [-0.2, -0.15) is 10.2 Å². The maximum Gasteiger partial charge on any atom is 0.111 e. The van der Waals surface area contributed by atoms with Gasteiger partial charge < -0.3 is 5.11 Å². The van der Waals surface area contributed by atoms with Crippen LogP contribution in [0.5, 0.6) is 0 Å². The summed E-state index contributed by atoms with van der Waals surface area (Å²) in [4.78, 5) is 8.14. The van der Waals surface area contributed by atoms with Gasteiger partial charge in [-0.1, -0.05) is 31.9 Å². The number of aryl methyl sites for hydroxylation is 2. The van der Waals surface area contributed by atoms with E-state index in [9.17, 15) is 5.11 Å². The molecule has 11 heteroatoms. The number of halogens is 4. The summed E-state index contributed by atoms with van der Waals surface area (Å²) in [5.41, 5.74) is 3.80. The fourth-order valence-electron chi connectivity index (χ4n) is 3.04. The molecule has 0 aromatic carbocycles. The van der Waals surface area contributed by atoms with Gasteiger partial charge in [0.25, 0.3) is 0 Å². The lowest BCUT2D eigenvalue weighted by molar-refractivity contribution is 0.218. The van der Waals surface area contributed by atoms with Crippen LogP contribution in [-0.4, -0.2) is 34.6 Å². The molecule has 1 N–H and O–H groups in total. The van der Waals surface area contributed by atoms with Crippen molar-refractivity contribution in [3.05, 3.63) is 89.7 Å². The first-order valence-corrected chi connectivity index (χ1v) is 13.3. The number of nitrogens with zero attached hydrogens (tertiary/aromatic N) is 6. The van der Waals surface area contributed by atoms with E-state index in [0.29, 0.717) is 0 Å². The van der Waals surface area contributed by atoms with Crippen LogP contribution in [0, 0.1) is 0 Å². The maximum absolute atomic E-state index is 10.3. The normalized spacial score (nSPS) is 11.7. The summed E-state index contributed by atoms with van der Waals surface area (Å²) in [6.07, 6.45) is 10.6. The summed E-state index contributed by atoms with van der Waals surface area (Å²) in [7, 11) is 0. The first-order chi connectivity index (χ1) is 15.9. The largest absolute Gasteiger partial charge is 0.383 e. The summed E-state index contributed by atoms with van der Waals surface area (Å²) in [6, 6.07) is 3.75. The van der Waals surface area contributed by atoms with Crippen LogP contribution in [0.1, 0.15) is 42.2 Å². The number of pyridine rings is 2. The number of hydrogen-bond donors (Lipinski definition) is 1. The van der Waals surface area contributed by atoms with E-state index in [4.69, 9.17) is 0 Å². The molecule has 0 aliphatic heterocycles. The van der Waals surface area contributed by atoms with Crippen molar-refractivity contribution in [3.63, 3.8) is 0 Å². The molecule has 4 aromatic rings. The molecule has 4 heterocycles. The lowest BCUT2D eigenvalue weighted by Gasteiger charge is -2.11. The highest BCUT2D eigenvalue weighted by Gasteiger charge is 2.19. The van der Waals surface area contributed by atoms with Crippen LogP contribution in [0.4, 0.5) is 0 Å². The molecule has 0 radical (unpaired) electrons. The second-order valence-electron chi connectivity index (χ2n) is 6.93. The van der Waals surface area contributed by atoms with E-state index in [0.717, 1.165) is 48.8 Å². The molecule has 0 amide bonds. The Hall–Kier alpha value is -1.40. The van der Waals surface area contributed by atoms with E-state index >= 15 is 0 Å². The molecule has 1 atom stereocenters. The molecule has 0 saturated carbocycles. The zero-order chi connectivity index (χ0) is 24.0. The second kappa shape index (κ2) is 12.3. The smallest absolute Gasteiger partial charge is 0.111 e. The number of aromatic nitrogens is 6. The van der Waals surface area contributed by atoms with Gasteiger partial charge >= 0.3 is 0 Å². The van der Waals surface area contributed by atoms with Crippen molar-refractivity contribution in [1.82, 2.24) is 29.5 Å². The maximum atomic E-state index is 10.3. The predicted molar refractivity (Wildman–Crippen MR) is 142 cm³/mol. The van der Waals surface area contributed by atoms with Gasteiger partial charge in [0.15, 0.2) is 0 Å². The van der Waals surface area contributed by atoms with Gasteiger partial charge in [0.1, 0.15) is 15.3 Å². The van der Waals surface area contributed by atoms with Crippen LogP contribution in [0.2, 0.25) is 0 Å². The fraction of sp³-hybridized carbons (Fsp3) is 0.273. The van der Waals surface area contributed by atoms with Gasteiger partial charge in [-0.05, 0) is 63.4 Å². The van der Waals surface area contributed by atoms with Crippen LogP contribution in [0.25, 0.3) is 0 Å². The summed E-state index contributed by atoms with van der Waals surface area (Å²) >= 11 is 13.9. The Morgan fingerprint density at radius 2 is 1.36 bits per heavy atom. The van der Waals surface area contributed by atoms with Crippen molar-refractivity contribution in [2.24, 2.45) is 0 Å². The minimum Gasteiger partial charge on any atom is -0.383 e. The quantitative estimate of drug-likeness (QED) is 0.254. The molecule has 174 valence electrons. The van der Waals surface area contributed by atoms with E-state index in [2.05, 4.69) is 90.8 Å². The predicted octanol–water partition coefficient (Wildman–Crippen LogP) is 6.32. The number of aliphatic hydroxyl groups is 1. The third-order valence-corrected chi connectivity index (χ3v) is 8.14. The molecule has 0 aliphatic rings. The van der Waals surface area contributed by atoms with Crippen LogP contribution in [0.15, 0.2) is 67.5 Å². The van der Waals surface area contributed by atoms with E-state index in [1.54, 1.807) is 35.5 Å². The molecular formula is C22H22Br4N6O. The molecule has 7 nitrogen and oxygen atoms in total. The molecular weight excluding hydrogens is 684 g/mol. The Bertz CT molecular complexity index is 1210. The van der Waals surface area contributed by atoms with Crippen molar-refractivity contribution in [2.75, 3.05) is 0 Å². The minimum absolute atomic E-state index is 0.726. The van der Waals surface area contributed by atoms with Crippen molar-refractivity contribution >= 4 is 63.7 Å². The summed E-state index contributed by atoms with van der Waals surface area (Å²) in [5.74, 6) is 0. The van der Waals surface area contributed by atoms with Gasteiger partial charge in [-0.15, -0.1) is 0 Å². The van der Waals surface area contributed by atoms with Crippen LogP contribution in [0.3, 0.4) is 0 Å². The first-order valence-electron chi connectivity index (χ1n) is 10.1. The topological polar surface area (TPSA) is 81.6 Å². The fourth-order valence-corrected chi connectivity index (χ4v) is 5.09. The summed E-state index contributed by atoms with van der Waals surface area (Å²) in [6.45, 7) is 5.69. The number of aliphatic hydroxyl groups excluding tert-OH is 1. The lowest BCUT2D eigenvalue weighted by atomic mass is 10.1. The zero-order valence-electron chi connectivity index (χ0n) is 18.0. The molecule has 1 unspecified atom stereocenters. The molecule has 0 aliphatic carbocycles. The van der Waals surface area contributed by atoms with Crippen molar-refractivity contribution in [3.8, 4) is 0 Å². The molecule has 0 saturated heterocycles. The van der Waals surface area contributed by atoms with Gasteiger partial charge in [0.05, 0.1) is 12.4 Å². The summed E-state index contributed by atoms with van der Waals surface area (Å²) in [5, 5.41) is 18.8. The molecule has 0 fully saturated rings. The summed E-state index contributed by atoms with van der Waals surface area (Å²) < 4.78 is 7.46. The highest BCUT2D eigenvalue weighted by atomic mass is 79.9. The van der Waals surface area contributed by atoms with Crippen molar-refractivity contribution < 1.29 is 5.11 Å². The molecule has 33 heavy (non-hydrogen) atoms. The lowest BCUT2D eigenvalue weighted by Crippen LogP contribution is -2.02. The second-order valence-corrected chi connectivity index (χ2v) is 10.1. The standard InChI is InChI=1S/C11H11Br2N3O.C11H11Br2N3/c1-2-16-11(13)8(6-15-16)10(17)7-5-14-4-3-9(7)12;1-2-16-11(13)9(7-15-16)5-8-6-14-4-3-10(8)12/h3-6,10,17H,2H2,1H3;3-4,6-7H,2,5H2,1H3. The zero-order valence-corrected chi connectivity index (χ0v) is 24.3. The highest BCUT2D eigenvalue weighted by molar-refractivity contribution is 9.11. The van der Waals surface area contributed by atoms with Crippen LogP contribution < -0.4 is 0 Å². The van der Waals surface area contributed by atoms with Gasteiger partial charge in [0.2, 0.25) is 0 Å². The average molecular weight is 706 g/mol. The third-order valence-electron chi connectivity index (χ3n) is 4.86. The Morgan fingerprint density at radius 1 is 0.758 bits per heavy atom.